The van der Waals surface area contributed by atoms with Crippen LogP contribution in [0.5, 0.6) is 0 Å². The third kappa shape index (κ3) is 1.98. The summed E-state index contributed by atoms with van der Waals surface area (Å²) >= 11 is 0. The van der Waals surface area contributed by atoms with Gasteiger partial charge in [0.25, 0.3) is 0 Å². The predicted octanol–water partition coefficient (Wildman–Crippen LogP) is 1.80. The van der Waals surface area contributed by atoms with Crippen LogP contribution in [-0.4, -0.2) is 24.5 Å². The normalized spacial score (nSPS) is 36.3. The molecule has 0 saturated carbocycles. The molecule has 0 N–H and O–H groups in total. The molecular formula is C9H18N. The van der Waals surface area contributed by atoms with Crippen LogP contribution < -0.4 is 0 Å². The van der Waals surface area contributed by atoms with Gasteiger partial charge < -0.3 is 4.90 Å². The number of piperidine rings is 1. The highest BCUT2D eigenvalue weighted by atomic mass is 15.1. The highest BCUT2D eigenvalue weighted by Crippen LogP contribution is 2.19. The van der Waals surface area contributed by atoms with Crippen LogP contribution in [0.25, 0.3) is 0 Å². The highest BCUT2D eigenvalue weighted by molar-refractivity contribution is 4.74. The molecule has 59 valence electrons. The number of nitrogens with zero attached hydrogens (tertiary/aromatic N) is 1. The molecule has 1 saturated heterocycles. The summed E-state index contributed by atoms with van der Waals surface area (Å²) in [7, 11) is 0. The van der Waals surface area contributed by atoms with Gasteiger partial charge in [-0.2, -0.15) is 0 Å². The van der Waals surface area contributed by atoms with E-state index in [9.17, 15) is 0 Å². The molecule has 1 heterocycles. The zero-order valence-electron chi connectivity index (χ0n) is 7.14. The lowest BCUT2D eigenvalue weighted by Gasteiger charge is -2.33. The van der Waals surface area contributed by atoms with Crippen LogP contribution in [0.2, 0.25) is 0 Å². The Balaban J connectivity index is 2.35. The van der Waals surface area contributed by atoms with Crippen molar-refractivity contribution in [1.82, 2.24) is 4.90 Å². The number of rotatable bonds is 1. The standard InChI is InChI=1S/C9H18N/c1-4-10-6-8(2)5-9(3)7-10/h8-9H,1,4-7H2,2-3H3. The number of likely N-dealkylation sites (tertiary alicyclic amines) is 1. The summed E-state index contributed by atoms with van der Waals surface area (Å²) < 4.78 is 0. The molecule has 1 aliphatic rings. The van der Waals surface area contributed by atoms with Crippen LogP contribution >= 0.6 is 0 Å². The lowest BCUT2D eigenvalue weighted by molar-refractivity contribution is 0.154. The summed E-state index contributed by atoms with van der Waals surface area (Å²) in [4.78, 5) is 2.44. The second-order valence-electron chi connectivity index (χ2n) is 3.71. The average Bonchev–Trinajstić information content (AvgIpc) is 1.85. The van der Waals surface area contributed by atoms with E-state index in [2.05, 4.69) is 25.7 Å². The Morgan fingerprint density at radius 3 is 2.20 bits per heavy atom. The zero-order chi connectivity index (χ0) is 7.56. The predicted molar refractivity (Wildman–Crippen MR) is 44.7 cm³/mol. The van der Waals surface area contributed by atoms with Crippen molar-refractivity contribution in [3.05, 3.63) is 6.92 Å². The van der Waals surface area contributed by atoms with E-state index in [4.69, 9.17) is 0 Å². The van der Waals surface area contributed by atoms with Crippen molar-refractivity contribution < 1.29 is 0 Å². The quantitative estimate of drug-likeness (QED) is 0.537. The van der Waals surface area contributed by atoms with Gasteiger partial charge in [0, 0.05) is 13.1 Å². The van der Waals surface area contributed by atoms with Crippen LogP contribution in [0, 0.1) is 18.8 Å². The molecule has 1 radical (unpaired) electrons. The third-order valence-electron chi connectivity index (χ3n) is 2.26. The molecule has 2 atom stereocenters. The van der Waals surface area contributed by atoms with E-state index >= 15 is 0 Å². The van der Waals surface area contributed by atoms with Crippen molar-refractivity contribution in [3.63, 3.8) is 0 Å². The molecule has 0 aromatic rings. The summed E-state index contributed by atoms with van der Waals surface area (Å²) in [6.45, 7) is 12.1. The van der Waals surface area contributed by atoms with Crippen molar-refractivity contribution in [3.8, 4) is 0 Å². The first-order valence-electron chi connectivity index (χ1n) is 4.24. The molecule has 1 rings (SSSR count). The molecule has 0 amide bonds. The smallest absolute Gasteiger partial charge is 0.000724 e. The summed E-state index contributed by atoms with van der Waals surface area (Å²) in [6, 6.07) is 0. The average molecular weight is 140 g/mol. The van der Waals surface area contributed by atoms with Gasteiger partial charge in [0.05, 0.1) is 0 Å². The third-order valence-corrected chi connectivity index (χ3v) is 2.26. The fraction of sp³-hybridized carbons (Fsp3) is 0.889. The van der Waals surface area contributed by atoms with Gasteiger partial charge in [-0.05, 0) is 31.7 Å². The van der Waals surface area contributed by atoms with Crippen molar-refractivity contribution in [2.45, 2.75) is 20.3 Å². The van der Waals surface area contributed by atoms with Crippen LogP contribution in [0.3, 0.4) is 0 Å². The summed E-state index contributed by atoms with van der Waals surface area (Å²) in [6.07, 6.45) is 1.40. The van der Waals surface area contributed by atoms with Gasteiger partial charge in [-0.25, -0.2) is 0 Å². The molecule has 0 spiro atoms. The van der Waals surface area contributed by atoms with Gasteiger partial charge >= 0.3 is 0 Å². The first-order valence-corrected chi connectivity index (χ1v) is 4.24. The van der Waals surface area contributed by atoms with Crippen LogP contribution in [0.4, 0.5) is 0 Å². The number of hydrogen-bond donors (Lipinski definition) is 0. The molecule has 0 aromatic heterocycles. The molecule has 0 aromatic carbocycles. The van der Waals surface area contributed by atoms with Crippen LogP contribution in [-0.2, 0) is 0 Å². The van der Waals surface area contributed by atoms with Gasteiger partial charge in [0.15, 0.2) is 0 Å². The van der Waals surface area contributed by atoms with E-state index in [0.717, 1.165) is 18.4 Å². The molecule has 2 unspecified atom stereocenters. The summed E-state index contributed by atoms with van der Waals surface area (Å²) in [5.41, 5.74) is 0. The van der Waals surface area contributed by atoms with Crippen molar-refractivity contribution in [2.75, 3.05) is 19.6 Å². The molecule has 1 aliphatic heterocycles. The van der Waals surface area contributed by atoms with Crippen molar-refractivity contribution in [2.24, 2.45) is 11.8 Å². The van der Waals surface area contributed by atoms with E-state index in [0.29, 0.717) is 0 Å². The van der Waals surface area contributed by atoms with Gasteiger partial charge in [-0.15, -0.1) is 0 Å². The maximum Gasteiger partial charge on any atom is 0.000724 e. The zero-order valence-corrected chi connectivity index (χ0v) is 7.14. The second kappa shape index (κ2) is 3.38. The maximum absolute atomic E-state index is 3.90. The van der Waals surface area contributed by atoms with Crippen LogP contribution in [0.15, 0.2) is 0 Å². The monoisotopic (exact) mass is 140 g/mol. The lowest BCUT2D eigenvalue weighted by atomic mass is 9.92. The molecule has 1 fully saturated rings. The fourth-order valence-corrected chi connectivity index (χ4v) is 1.97. The van der Waals surface area contributed by atoms with Gasteiger partial charge in [0.2, 0.25) is 0 Å². The first kappa shape index (κ1) is 8.06. The molecular weight excluding hydrogens is 122 g/mol. The van der Waals surface area contributed by atoms with Gasteiger partial charge in [-0.1, -0.05) is 13.8 Å². The highest BCUT2D eigenvalue weighted by Gasteiger charge is 2.19. The summed E-state index contributed by atoms with van der Waals surface area (Å²) in [5, 5.41) is 0. The minimum Gasteiger partial charge on any atom is -0.303 e. The minimum absolute atomic E-state index is 0.880. The Morgan fingerprint density at radius 1 is 1.30 bits per heavy atom. The van der Waals surface area contributed by atoms with E-state index in [-0.39, 0.29) is 0 Å². The van der Waals surface area contributed by atoms with Gasteiger partial charge in [-0.3, -0.25) is 0 Å². The lowest BCUT2D eigenvalue weighted by Crippen LogP contribution is -2.38. The molecule has 0 bridgehead atoms. The minimum atomic E-state index is 0.880. The maximum atomic E-state index is 3.90. The van der Waals surface area contributed by atoms with Crippen LogP contribution in [0.1, 0.15) is 20.3 Å². The molecule has 0 aliphatic carbocycles. The van der Waals surface area contributed by atoms with Crippen molar-refractivity contribution in [1.29, 1.82) is 0 Å². The second-order valence-corrected chi connectivity index (χ2v) is 3.71. The SMILES string of the molecule is [CH2]CN1CC(C)CC(C)C1. The van der Waals surface area contributed by atoms with E-state index in [1.165, 1.54) is 19.5 Å². The van der Waals surface area contributed by atoms with E-state index in [1.54, 1.807) is 0 Å². The Labute approximate surface area is 64.4 Å². The van der Waals surface area contributed by atoms with E-state index in [1.807, 2.05) is 0 Å². The Morgan fingerprint density at radius 2 is 1.80 bits per heavy atom. The number of hydrogen-bond acceptors (Lipinski definition) is 1. The Bertz CT molecular complexity index is 90.9. The topological polar surface area (TPSA) is 3.24 Å². The van der Waals surface area contributed by atoms with E-state index < -0.39 is 0 Å². The van der Waals surface area contributed by atoms with Gasteiger partial charge in [0.1, 0.15) is 0 Å². The molecule has 1 nitrogen and oxygen atoms in total. The Hall–Kier alpha value is -0.0400. The molecule has 10 heavy (non-hydrogen) atoms. The van der Waals surface area contributed by atoms with Crippen molar-refractivity contribution >= 4 is 0 Å². The fourth-order valence-electron chi connectivity index (χ4n) is 1.97. The largest absolute Gasteiger partial charge is 0.303 e. The molecule has 1 heteroatoms. The Kier molecular flexibility index (Phi) is 2.72. The summed E-state index contributed by atoms with van der Waals surface area (Å²) in [5.74, 6) is 1.76. The first-order chi connectivity index (χ1) is 4.72.